The van der Waals surface area contributed by atoms with Crippen LogP contribution in [0.15, 0.2) is 22.9 Å². The van der Waals surface area contributed by atoms with Crippen LogP contribution in [0.4, 0.5) is 5.82 Å². The van der Waals surface area contributed by atoms with Crippen LogP contribution in [-0.4, -0.2) is 70.7 Å². The molecule has 4 rings (SSSR count). The van der Waals surface area contributed by atoms with Crippen molar-refractivity contribution in [2.75, 3.05) is 50.7 Å². The van der Waals surface area contributed by atoms with Crippen molar-refractivity contribution in [3.05, 3.63) is 24.2 Å². The lowest BCUT2D eigenvalue weighted by molar-refractivity contribution is 0.108. The molecule has 0 bridgehead atoms. The van der Waals surface area contributed by atoms with E-state index in [-0.39, 0.29) is 0 Å². The van der Waals surface area contributed by atoms with E-state index in [0.29, 0.717) is 11.7 Å². The van der Waals surface area contributed by atoms with Gasteiger partial charge in [-0.15, -0.1) is 0 Å². The monoisotopic (exact) mass is 398 g/mol. The van der Waals surface area contributed by atoms with Gasteiger partial charge in [-0.2, -0.15) is 4.98 Å². The van der Waals surface area contributed by atoms with Crippen LogP contribution in [0.5, 0.6) is 0 Å². The molecule has 7 heteroatoms. The Labute approximate surface area is 174 Å². The molecule has 4 heterocycles. The fourth-order valence-electron chi connectivity index (χ4n) is 4.28. The molecular formula is C22H34N6O. The number of rotatable bonds is 6. The molecule has 2 aliphatic rings. The molecule has 0 amide bonds. The molecule has 0 saturated carbocycles. The Kier molecular flexibility index (Phi) is 6.77. The van der Waals surface area contributed by atoms with Gasteiger partial charge in [-0.3, -0.25) is 4.90 Å². The maximum atomic E-state index is 5.52. The van der Waals surface area contributed by atoms with E-state index in [9.17, 15) is 0 Å². The third-order valence-electron chi connectivity index (χ3n) is 5.85. The van der Waals surface area contributed by atoms with Crippen molar-refractivity contribution in [3.63, 3.8) is 0 Å². The Hall–Kier alpha value is -1.99. The van der Waals surface area contributed by atoms with E-state index in [1.165, 1.54) is 32.2 Å². The van der Waals surface area contributed by atoms with Gasteiger partial charge in [0.25, 0.3) is 0 Å². The number of piperazine rings is 1. The van der Waals surface area contributed by atoms with Gasteiger partial charge in [-0.1, -0.05) is 31.8 Å². The predicted molar refractivity (Wildman–Crippen MR) is 115 cm³/mol. The average molecular weight is 399 g/mol. The molecule has 2 aliphatic heterocycles. The molecular weight excluding hydrogens is 364 g/mol. The van der Waals surface area contributed by atoms with Gasteiger partial charge in [0.2, 0.25) is 11.7 Å². The molecule has 2 aromatic heterocycles. The van der Waals surface area contributed by atoms with Gasteiger partial charge in [-0.05, 0) is 30.9 Å². The third kappa shape index (κ3) is 5.54. The average Bonchev–Trinajstić information content (AvgIpc) is 3.01. The maximum Gasteiger partial charge on any atom is 0.241 e. The topological polar surface area (TPSA) is 61.5 Å². The van der Waals surface area contributed by atoms with E-state index in [1.807, 2.05) is 6.20 Å². The molecule has 0 atom stereocenters. The van der Waals surface area contributed by atoms with Crippen LogP contribution in [-0.2, 0) is 6.54 Å². The van der Waals surface area contributed by atoms with Crippen molar-refractivity contribution >= 4 is 5.82 Å². The molecule has 158 valence electrons. The Bertz CT molecular complexity index is 743. The van der Waals surface area contributed by atoms with Gasteiger partial charge < -0.3 is 14.3 Å². The second kappa shape index (κ2) is 9.67. The van der Waals surface area contributed by atoms with E-state index in [4.69, 9.17) is 4.52 Å². The zero-order valence-corrected chi connectivity index (χ0v) is 17.9. The normalized spacial score (nSPS) is 19.6. The lowest BCUT2D eigenvalue weighted by Crippen LogP contribution is -2.46. The van der Waals surface area contributed by atoms with Crippen LogP contribution < -0.4 is 4.90 Å². The van der Waals surface area contributed by atoms with Crippen LogP contribution in [0.1, 0.15) is 45.4 Å². The standard InChI is InChI=1S/C22H34N6O/c1-18(2)16-26-11-13-27(14-12-26)17-21-24-22(25-29-21)19-7-8-20(23-15-19)28-9-5-3-4-6-10-28/h7-8,15,18H,3-6,9-14,16-17H2,1-2H3. The van der Waals surface area contributed by atoms with E-state index < -0.39 is 0 Å². The molecule has 0 spiro atoms. The number of nitrogens with zero attached hydrogens (tertiary/aromatic N) is 6. The minimum atomic E-state index is 0.633. The lowest BCUT2D eigenvalue weighted by atomic mass is 10.2. The fraction of sp³-hybridized carbons (Fsp3) is 0.682. The summed E-state index contributed by atoms with van der Waals surface area (Å²) in [7, 11) is 0. The highest BCUT2D eigenvalue weighted by Crippen LogP contribution is 2.21. The Morgan fingerprint density at radius 1 is 0.931 bits per heavy atom. The van der Waals surface area contributed by atoms with Crippen molar-refractivity contribution in [2.24, 2.45) is 5.92 Å². The zero-order valence-electron chi connectivity index (χ0n) is 17.9. The van der Waals surface area contributed by atoms with Crippen molar-refractivity contribution in [2.45, 2.75) is 46.1 Å². The first-order chi connectivity index (χ1) is 14.2. The predicted octanol–water partition coefficient (Wildman–Crippen LogP) is 3.29. The number of pyridine rings is 1. The van der Waals surface area contributed by atoms with Crippen LogP contribution in [0.3, 0.4) is 0 Å². The summed E-state index contributed by atoms with van der Waals surface area (Å²) in [6.07, 6.45) is 7.03. The highest BCUT2D eigenvalue weighted by Gasteiger charge is 2.20. The summed E-state index contributed by atoms with van der Waals surface area (Å²) in [5.74, 6) is 3.10. The van der Waals surface area contributed by atoms with Gasteiger partial charge in [0.05, 0.1) is 6.54 Å². The molecule has 0 N–H and O–H groups in total. The number of hydrogen-bond acceptors (Lipinski definition) is 7. The quantitative estimate of drug-likeness (QED) is 0.740. The summed E-state index contributed by atoms with van der Waals surface area (Å²) in [6.45, 7) is 13.0. The van der Waals surface area contributed by atoms with Gasteiger partial charge in [0, 0.05) is 57.6 Å². The van der Waals surface area contributed by atoms with E-state index in [0.717, 1.165) is 63.1 Å². The minimum Gasteiger partial charge on any atom is -0.357 e. The summed E-state index contributed by atoms with van der Waals surface area (Å²) >= 11 is 0. The summed E-state index contributed by atoms with van der Waals surface area (Å²) in [5.41, 5.74) is 0.917. The highest BCUT2D eigenvalue weighted by molar-refractivity contribution is 5.55. The summed E-state index contributed by atoms with van der Waals surface area (Å²) < 4.78 is 5.52. The summed E-state index contributed by atoms with van der Waals surface area (Å²) in [4.78, 5) is 16.6. The van der Waals surface area contributed by atoms with Crippen LogP contribution in [0.25, 0.3) is 11.4 Å². The first-order valence-electron chi connectivity index (χ1n) is 11.2. The van der Waals surface area contributed by atoms with Gasteiger partial charge >= 0.3 is 0 Å². The molecule has 0 radical (unpaired) electrons. The zero-order chi connectivity index (χ0) is 20.1. The Balaban J connectivity index is 1.32. The summed E-state index contributed by atoms with van der Waals surface area (Å²) in [6, 6.07) is 4.15. The van der Waals surface area contributed by atoms with E-state index in [1.54, 1.807) is 0 Å². The molecule has 0 unspecified atom stereocenters. The van der Waals surface area contributed by atoms with Gasteiger partial charge in [0.1, 0.15) is 5.82 Å². The molecule has 2 aromatic rings. The largest absolute Gasteiger partial charge is 0.357 e. The number of hydrogen-bond donors (Lipinski definition) is 0. The molecule has 7 nitrogen and oxygen atoms in total. The van der Waals surface area contributed by atoms with Crippen LogP contribution >= 0.6 is 0 Å². The Morgan fingerprint density at radius 2 is 1.66 bits per heavy atom. The van der Waals surface area contributed by atoms with E-state index >= 15 is 0 Å². The second-order valence-corrected chi connectivity index (χ2v) is 8.79. The van der Waals surface area contributed by atoms with Gasteiger partial charge in [-0.25, -0.2) is 4.98 Å². The van der Waals surface area contributed by atoms with Crippen molar-refractivity contribution in [1.82, 2.24) is 24.9 Å². The lowest BCUT2D eigenvalue weighted by Gasteiger charge is -2.34. The first-order valence-corrected chi connectivity index (χ1v) is 11.2. The van der Waals surface area contributed by atoms with E-state index in [2.05, 4.69) is 55.8 Å². The molecule has 0 aromatic carbocycles. The van der Waals surface area contributed by atoms with Gasteiger partial charge in [0.15, 0.2) is 0 Å². The maximum absolute atomic E-state index is 5.52. The smallest absolute Gasteiger partial charge is 0.241 e. The summed E-state index contributed by atoms with van der Waals surface area (Å²) in [5, 5.41) is 4.19. The first kappa shape index (κ1) is 20.3. The number of aromatic nitrogens is 3. The highest BCUT2D eigenvalue weighted by atomic mass is 16.5. The van der Waals surface area contributed by atoms with Crippen molar-refractivity contribution in [3.8, 4) is 11.4 Å². The fourth-order valence-corrected chi connectivity index (χ4v) is 4.28. The van der Waals surface area contributed by atoms with Crippen LogP contribution in [0.2, 0.25) is 0 Å². The van der Waals surface area contributed by atoms with Crippen molar-refractivity contribution < 1.29 is 4.52 Å². The van der Waals surface area contributed by atoms with Crippen molar-refractivity contribution in [1.29, 1.82) is 0 Å². The molecule has 2 saturated heterocycles. The minimum absolute atomic E-state index is 0.633. The Morgan fingerprint density at radius 3 is 2.31 bits per heavy atom. The third-order valence-corrected chi connectivity index (χ3v) is 5.85. The SMILES string of the molecule is CC(C)CN1CCN(Cc2nc(-c3ccc(N4CCCCCC4)nc3)no2)CC1. The molecule has 0 aliphatic carbocycles. The number of anilines is 1. The second-order valence-electron chi connectivity index (χ2n) is 8.79. The molecule has 2 fully saturated rings. The molecule has 29 heavy (non-hydrogen) atoms. The van der Waals surface area contributed by atoms with Crippen LogP contribution in [0, 0.1) is 5.92 Å².